The van der Waals surface area contributed by atoms with Crippen LogP contribution in [-0.4, -0.2) is 17.7 Å². The van der Waals surface area contributed by atoms with Gasteiger partial charge in [0.15, 0.2) is 5.71 Å². The molecule has 0 saturated heterocycles. The Hall–Kier alpha value is -2.66. The zero-order valence-corrected chi connectivity index (χ0v) is 11.8. The monoisotopic (exact) mass is 300 g/mol. The molecule has 0 radical (unpaired) electrons. The Morgan fingerprint density at radius 1 is 1.10 bits per heavy atom. The Balaban J connectivity index is 2.22. The fourth-order valence-electron chi connectivity index (χ4n) is 1.60. The summed E-state index contributed by atoms with van der Waals surface area (Å²) in [6.45, 7) is 0. The number of nitrogens with one attached hydrogen (secondary N) is 1. The van der Waals surface area contributed by atoms with Crippen LogP contribution in [0.25, 0.3) is 0 Å². The van der Waals surface area contributed by atoms with Gasteiger partial charge in [0, 0.05) is 10.6 Å². The molecular formula is C15H13ClN4O. The largest absolute Gasteiger partial charge is 0.323 e. The zero-order chi connectivity index (χ0) is 15.1. The Bertz CT molecular complexity index is 666. The lowest BCUT2D eigenvalue weighted by Gasteiger charge is -2.03. The number of nitrogens with two attached hydrogens (primary N) is 1. The molecule has 0 bridgehead atoms. The molecule has 106 valence electrons. The summed E-state index contributed by atoms with van der Waals surface area (Å²) < 4.78 is 0. The van der Waals surface area contributed by atoms with Crippen molar-refractivity contribution in [3.05, 3.63) is 65.2 Å². The fraction of sp³-hybridized carbons (Fsp3) is 0. The average molecular weight is 301 g/mol. The minimum absolute atomic E-state index is 0.101. The van der Waals surface area contributed by atoms with Crippen LogP contribution in [0.15, 0.2) is 64.8 Å². The number of hydrazone groups is 2. The van der Waals surface area contributed by atoms with Gasteiger partial charge < -0.3 is 5.84 Å². The predicted octanol–water partition coefficient (Wildman–Crippen LogP) is 2.94. The number of carbonyl (C=O) groups is 1. The van der Waals surface area contributed by atoms with Gasteiger partial charge in [-0.2, -0.15) is 10.2 Å². The van der Waals surface area contributed by atoms with E-state index in [2.05, 4.69) is 15.6 Å². The van der Waals surface area contributed by atoms with Gasteiger partial charge in [-0.05, 0) is 36.4 Å². The van der Waals surface area contributed by atoms with Crippen molar-refractivity contribution in [1.82, 2.24) is 0 Å². The molecule has 2 aromatic carbocycles. The number of hydrogen-bond acceptors (Lipinski definition) is 5. The third-order valence-electron chi connectivity index (χ3n) is 2.62. The van der Waals surface area contributed by atoms with Crippen LogP contribution in [0.2, 0.25) is 5.02 Å². The maximum absolute atomic E-state index is 12.3. The maximum Gasteiger partial charge on any atom is 0.214 e. The molecule has 21 heavy (non-hydrogen) atoms. The minimum atomic E-state index is -0.302. The summed E-state index contributed by atoms with van der Waals surface area (Å²) in [5.41, 5.74) is 4.09. The van der Waals surface area contributed by atoms with Gasteiger partial charge in [0.05, 0.1) is 11.9 Å². The minimum Gasteiger partial charge on any atom is -0.323 e. The summed E-state index contributed by atoms with van der Waals surface area (Å²) in [6.07, 6.45) is 1.20. The number of Topliss-reactive ketones (excluding diaryl/α,β-unsaturated/α-hetero) is 1. The first kappa shape index (κ1) is 14.7. The van der Waals surface area contributed by atoms with Crippen molar-refractivity contribution in [1.29, 1.82) is 0 Å². The number of anilines is 1. The van der Waals surface area contributed by atoms with Crippen molar-refractivity contribution in [2.75, 3.05) is 5.43 Å². The van der Waals surface area contributed by atoms with E-state index < -0.39 is 0 Å². The first-order valence-electron chi connectivity index (χ1n) is 6.13. The lowest BCUT2D eigenvalue weighted by Crippen LogP contribution is -2.18. The molecule has 0 fully saturated rings. The van der Waals surface area contributed by atoms with Gasteiger partial charge in [-0.25, -0.2) is 0 Å². The van der Waals surface area contributed by atoms with E-state index >= 15 is 0 Å². The Labute approximate surface area is 127 Å². The molecule has 0 aliphatic rings. The molecule has 0 spiro atoms. The predicted molar refractivity (Wildman–Crippen MR) is 86.0 cm³/mol. The van der Waals surface area contributed by atoms with E-state index in [4.69, 9.17) is 17.4 Å². The van der Waals surface area contributed by atoms with Crippen LogP contribution in [0.4, 0.5) is 5.69 Å². The van der Waals surface area contributed by atoms with Gasteiger partial charge >= 0.3 is 0 Å². The lowest BCUT2D eigenvalue weighted by atomic mass is 10.1. The molecule has 5 nitrogen and oxygen atoms in total. The molecule has 0 aliphatic heterocycles. The van der Waals surface area contributed by atoms with Gasteiger partial charge in [0.1, 0.15) is 0 Å². The summed E-state index contributed by atoms with van der Waals surface area (Å²) in [4.78, 5) is 12.3. The normalized spacial score (nSPS) is 11.6. The number of para-hydroxylation sites is 1. The number of benzene rings is 2. The molecule has 2 aromatic rings. The SMILES string of the molecule is N/N=C/C(=N/Nc1ccccc1)C(=O)c1ccc(Cl)cc1. The lowest BCUT2D eigenvalue weighted by molar-refractivity contribution is 0.106. The quantitative estimate of drug-likeness (QED) is 0.385. The van der Waals surface area contributed by atoms with Crippen LogP contribution in [0.5, 0.6) is 0 Å². The third kappa shape index (κ3) is 4.15. The van der Waals surface area contributed by atoms with Crippen LogP contribution in [-0.2, 0) is 0 Å². The van der Waals surface area contributed by atoms with E-state index in [9.17, 15) is 4.79 Å². The zero-order valence-electron chi connectivity index (χ0n) is 11.0. The van der Waals surface area contributed by atoms with E-state index in [0.717, 1.165) is 5.69 Å². The second-order valence-corrected chi connectivity index (χ2v) is 4.53. The molecule has 0 unspecified atom stereocenters. The number of hydrogen-bond donors (Lipinski definition) is 2. The van der Waals surface area contributed by atoms with Crippen molar-refractivity contribution in [3.8, 4) is 0 Å². The van der Waals surface area contributed by atoms with Gasteiger partial charge in [-0.15, -0.1) is 0 Å². The molecule has 0 saturated carbocycles. The number of carbonyl (C=O) groups excluding carboxylic acids is 1. The number of halogens is 1. The first-order chi connectivity index (χ1) is 10.2. The summed E-state index contributed by atoms with van der Waals surface area (Å²) >= 11 is 5.80. The summed E-state index contributed by atoms with van der Waals surface area (Å²) in [5.74, 6) is 4.82. The topological polar surface area (TPSA) is 79.8 Å². The second-order valence-electron chi connectivity index (χ2n) is 4.09. The van der Waals surface area contributed by atoms with Gasteiger partial charge in [0.2, 0.25) is 5.78 Å². The van der Waals surface area contributed by atoms with Gasteiger partial charge in [-0.1, -0.05) is 29.8 Å². The highest BCUT2D eigenvalue weighted by Gasteiger charge is 2.12. The third-order valence-corrected chi connectivity index (χ3v) is 2.87. The smallest absolute Gasteiger partial charge is 0.214 e. The van der Waals surface area contributed by atoms with Crippen LogP contribution in [0, 0.1) is 0 Å². The molecular weight excluding hydrogens is 288 g/mol. The van der Waals surface area contributed by atoms with E-state index in [1.54, 1.807) is 24.3 Å². The van der Waals surface area contributed by atoms with Crippen LogP contribution in [0.1, 0.15) is 10.4 Å². The number of rotatable bonds is 5. The summed E-state index contributed by atoms with van der Waals surface area (Å²) in [7, 11) is 0. The molecule has 0 aliphatic carbocycles. The maximum atomic E-state index is 12.3. The Morgan fingerprint density at radius 2 is 1.76 bits per heavy atom. The summed E-state index contributed by atoms with van der Waals surface area (Å²) in [5, 5.41) is 7.96. The highest BCUT2D eigenvalue weighted by atomic mass is 35.5. The fourth-order valence-corrected chi connectivity index (χ4v) is 1.72. The molecule has 0 heterocycles. The van der Waals surface area contributed by atoms with Crippen molar-refractivity contribution in [2.24, 2.45) is 16.0 Å². The van der Waals surface area contributed by atoms with Gasteiger partial charge in [-0.3, -0.25) is 10.2 Å². The molecule has 6 heteroatoms. The van der Waals surface area contributed by atoms with Crippen LogP contribution < -0.4 is 11.3 Å². The van der Waals surface area contributed by atoms with E-state index in [1.165, 1.54) is 6.21 Å². The van der Waals surface area contributed by atoms with Crippen LogP contribution >= 0.6 is 11.6 Å². The second kappa shape index (κ2) is 7.21. The van der Waals surface area contributed by atoms with Crippen molar-refractivity contribution >= 4 is 35.0 Å². The summed E-state index contributed by atoms with van der Waals surface area (Å²) in [6, 6.07) is 15.8. The molecule has 0 aromatic heterocycles. The Morgan fingerprint density at radius 3 is 2.38 bits per heavy atom. The van der Waals surface area contributed by atoms with Crippen LogP contribution in [0.3, 0.4) is 0 Å². The molecule has 0 amide bonds. The van der Waals surface area contributed by atoms with E-state index in [0.29, 0.717) is 10.6 Å². The Kier molecular flexibility index (Phi) is 5.06. The highest BCUT2D eigenvalue weighted by molar-refractivity contribution is 6.64. The van der Waals surface area contributed by atoms with E-state index in [1.807, 2.05) is 30.3 Å². The first-order valence-corrected chi connectivity index (χ1v) is 6.51. The van der Waals surface area contributed by atoms with Crippen molar-refractivity contribution in [3.63, 3.8) is 0 Å². The number of nitrogens with zero attached hydrogens (tertiary/aromatic N) is 2. The van der Waals surface area contributed by atoms with Crippen molar-refractivity contribution < 1.29 is 4.79 Å². The highest BCUT2D eigenvalue weighted by Crippen LogP contribution is 2.11. The standard InChI is InChI=1S/C15H13ClN4O/c16-12-8-6-11(7-9-12)15(21)14(10-18-17)20-19-13-4-2-1-3-5-13/h1-10,19H,17H2/b18-10+,20-14-. The number of ketones is 1. The molecule has 0 atom stereocenters. The molecule has 3 N–H and O–H groups in total. The molecule has 2 rings (SSSR count). The van der Waals surface area contributed by atoms with Gasteiger partial charge in [0.25, 0.3) is 0 Å². The van der Waals surface area contributed by atoms with Crippen molar-refractivity contribution in [2.45, 2.75) is 0 Å². The average Bonchev–Trinajstić information content (AvgIpc) is 2.52. The van der Waals surface area contributed by atoms with E-state index in [-0.39, 0.29) is 11.5 Å².